The van der Waals surface area contributed by atoms with Crippen LogP contribution in [0.5, 0.6) is 0 Å². The first kappa shape index (κ1) is 24.1. The van der Waals surface area contributed by atoms with Crippen LogP contribution in [0.2, 0.25) is 0 Å². The van der Waals surface area contributed by atoms with E-state index in [1.54, 1.807) is 10.8 Å². The maximum absolute atomic E-state index is 13.8. The molecule has 1 N–H and O–H groups in total. The van der Waals surface area contributed by atoms with Crippen LogP contribution in [-0.2, 0) is 0 Å². The minimum absolute atomic E-state index is 0.118. The number of nitrogens with one attached hydrogen (secondary N) is 1. The molecule has 6 rings (SSSR count). The molecule has 0 unspecified atom stereocenters. The second kappa shape index (κ2) is 10.2. The highest BCUT2D eigenvalue weighted by Gasteiger charge is 2.20. The zero-order valence-corrected chi connectivity index (χ0v) is 21.3. The fourth-order valence-electron chi connectivity index (χ4n) is 4.84. The Hall–Kier alpha value is -5.29. The van der Waals surface area contributed by atoms with E-state index in [1.165, 1.54) is 6.08 Å². The van der Waals surface area contributed by atoms with Crippen molar-refractivity contribution < 1.29 is 4.79 Å². The summed E-state index contributed by atoms with van der Waals surface area (Å²) in [4.78, 5) is 30.0. The fraction of sp³-hybridized carbons (Fsp3) is 0.0294. The third kappa shape index (κ3) is 4.74. The van der Waals surface area contributed by atoms with E-state index in [-0.39, 0.29) is 11.3 Å². The number of aromatic amines is 1. The number of carbonyl (C=O) groups is 1. The Morgan fingerprint density at radius 2 is 1.46 bits per heavy atom. The van der Waals surface area contributed by atoms with Gasteiger partial charge in [0, 0.05) is 33.8 Å². The number of fused-ring (bicyclic) bond motifs is 1. The number of H-pyrrole nitrogens is 1. The average molecular weight is 508 g/mol. The van der Waals surface area contributed by atoms with Crippen LogP contribution in [0, 0.1) is 6.92 Å². The number of aromatic nitrogens is 3. The quantitative estimate of drug-likeness (QED) is 0.191. The van der Waals surface area contributed by atoms with Crippen molar-refractivity contribution in [1.82, 2.24) is 14.8 Å². The predicted octanol–water partition coefficient (Wildman–Crippen LogP) is 7.25. The molecule has 4 aromatic carbocycles. The second-order valence-electron chi connectivity index (χ2n) is 9.40. The van der Waals surface area contributed by atoms with Crippen molar-refractivity contribution in [3.63, 3.8) is 0 Å². The highest BCUT2D eigenvalue weighted by atomic mass is 16.1. The highest BCUT2D eigenvalue weighted by molar-refractivity contribution is 6.15. The molecule has 0 aliphatic carbocycles. The van der Waals surface area contributed by atoms with E-state index in [1.807, 2.05) is 122 Å². The Labute approximate surface area is 225 Å². The van der Waals surface area contributed by atoms with Gasteiger partial charge in [0.2, 0.25) is 0 Å². The van der Waals surface area contributed by atoms with Gasteiger partial charge in [-0.1, -0.05) is 90.5 Å². The minimum atomic E-state index is -0.414. The van der Waals surface area contributed by atoms with Crippen molar-refractivity contribution in [3.8, 4) is 28.1 Å². The van der Waals surface area contributed by atoms with Crippen molar-refractivity contribution in [2.45, 2.75) is 6.92 Å². The lowest BCUT2D eigenvalue weighted by Crippen LogP contribution is -2.18. The summed E-state index contributed by atoms with van der Waals surface area (Å²) in [5.74, 6) is -0.370. The molecule has 0 aliphatic heterocycles. The number of aryl methyl sites for hydroxylation is 1. The summed E-state index contributed by atoms with van der Waals surface area (Å²) in [5.41, 5.74) is 6.25. The lowest BCUT2D eigenvalue weighted by atomic mass is 9.93. The number of rotatable bonds is 6. The lowest BCUT2D eigenvalue weighted by Gasteiger charge is -2.12. The van der Waals surface area contributed by atoms with Crippen LogP contribution < -0.4 is 5.56 Å². The Bertz CT molecular complexity index is 1880. The van der Waals surface area contributed by atoms with Crippen molar-refractivity contribution in [2.75, 3.05) is 0 Å². The summed E-state index contributed by atoms with van der Waals surface area (Å²) in [6.45, 7) is 2.00. The first-order chi connectivity index (χ1) is 19.1. The number of pyridine rings is 1. The van der Waals surface area contributed by atoms with Crippen molar-refractivity contribution >= 4 is 22.8 Å². The van der Waals surface area contributed by atoms with Gasteiger partial charge in [0.25, 0.3) is 5.56 Å². The number of ketones is 1. The Morgan fingerprint density at radius 1 is 0.821 bits per heavy atom. The molecule has 0 radical (unpaired) electrons. The molecular weight excluding hydrogens is 482 g/mol. The average Bonchev–Trinajstić information content (AvgIpc) is 3.41. The first-order valence-corrected chi connectivity index (χ1v) is 12.7. The van der Waals surface area contributed by atoms with E-state index in [0.717, 1.165) is 39.0 Å². The summed E-state index contributed by atoms with van der Waals surface area (Å²) in [6.07, 6.45) is 5.11. The van der Waals surface area contributed by atoms with Gasteiger partial charge in [-0.15, -0.1) is 0 Å². The molecule has 6 aromatic rings. The van der Waals surface area contributed by atoms with Gasteiger partial charge in [-0.25, -0.2) is 4.68 Å². The maximum Gasteiger partial charge on any atom is 0.260 e. The van der Waals surface area contributed by atoms with Crippen LogP contribution in [0.1, 0.15) is 21.5 Å². The molecule has 0 aliphatic rings. The van der Waals surface area contributed by atoms with Crippen LogP contribution >= 0.6 is 0 Å². The Morgan fingerprint density at radius 3 is 2.15 bits per heavy atom. The van der Waals surface area contributed by atoms with Crippen LogP contribution in [0.25, 0.3) is 45.1 Å². The van der Waals surface area contributed by atoms with Gasteiger partial charge in [-0.3, -0.25) is 9.59 Å². The zero-order chi connectivity index (χ0) is 26.8. The van der Waals surface area contributed by atoms with E-state index in [0.29, 0.717) is 11.1 Å². The molecule has 0 bridgehead atoms. The number of carbonyl (C=O) groups excluding carboxylic acids is 1. The SMILES string of the molecule is Cc1ccc2[nH]c(=O)c(C(=O)/C=C/c3cn(-c4ccccc4)nc3-c3ccccc3)c(-c3ccccc3)c2c1. The predicted molar refractivity (Wildman–Crippen MR) is 157 cm³/mol. The number of hydrogen-bond donors (Lipinski definition) is 1. The molecule has 2 heterocycles. The summed E-state index contributed by atoms with van der Waals surface area (Å²) < 4.78 is 1.80. The van der Waals surface area contributed by atoms with Crippen LogP contribution in [0.15, 0.2) is 126 Å². The zero-order valence-electron chi connectivity index (χ0n) is 21.3. The standard InChI is InChI=1S/C34H25N3O2/c1-23-17-19-29-28(21-23)31(24-11-5-2-6-12-24)32(34(39)35-29)30(38)20-18-26-22-37(27-15-9-4-10-16-27)36-33(26)25-13-7-3-8-14-25/h2-22H,1H3,(H,35,39)/b20-18+. The molecule has 0 atom stereocenters. The molecule has 39 heavy (non-hydrogen) atoms. The molecular formula is C34H25N3O2. The molecule has 0 saturated heterocycles. The topological polar surface area (TPSA) is 67.8 Å². The summed E-state index contributed by atoms with van der Waals surface area (Å²) in [6, 6.07) is 35.1. The third-order valence-electron chi connectivity index (χ3n) is 6.70. The molecule has 5 heteroatoms. The molecule has 188 valence electrons. The van der Waals surface area contributed by atoms with Crippen LogP contribution in [0.4, 0.5) is 0 Å². The summed E-state index contributed by atoms with van der Waals surface area (Å²) in [5, 5.41) is 5.65. The number of benzene rings is 4. The van der Waals surface area contributed by atoms with E-state index >= 15 is 0 Å². The van der Waals surface area contributed by atoms with E-state index in [9.17, 15) is 9.59 Å². The molecule has 0 amide bonds. The van der Waals surface area contributed by atoms with Gasteiger partial charge < -0.3 is 4.98 Å². The van der Waals surface area contributed by atoms with Gasteiger partial charge in [0.15, 0.2) is 5.78 Å². The largest absolute Gasteiger partial charge is 0.321 e. The summed E-state index contributed by atoms with van der Waals surface area (Å²) >= 11 is 0. The molecule has 2 aromatic heterocycles. The smallest absolute Gasteiger partial charge is 0.260 e. The third-order valence-corrected chi connectivity index (χ3v) is 6.70. The number of para-hydroxylation sites is 1. The van der Waals surface area contributed by atoms with Crippen LogP contribution in [-0.4, -0.2) is 20.5 Å². The maximum atomic E-state index is 13.8. The molecule has 5 nitrogen and oxygen atoms in total. The van der Waals surface area contributed by atoms with Gasteiger partial charge in [-0.2, -0.15) is 5.10 Å². The number of hydrogen-bond acceptors (Lipinski definition) is 3. The van der Waals surface area contributed by atoms with Crippen molar-refractivity contribution in [1.29, 1.82) is 0 Å². The Kier molecular flexibility index (Phi) is 6.31. The monoisotopic (exact) mass is 507 g/mol. The summed E-state index contributed by atoms with van der Waals surface area (Å²) in [7, 11) is 0. The van der Waals surface area contributed by atoms with Gasteiger partial charge in [0.05, 0.1) is 16.9 Å². The van der Waals surface area contributed by atoms with Gasteiger partial charge in [-0.05, 0) is 48.9 Å². The van der Waals surface area contributed by atoms with Gasteiger partial charge in [0.1, 0.15) is 0 Å². The fourth-order valence-corrected chi connectivity index (χ4v) is 4.84. The molecule has 0 spiro atoms. The second-order valence-corrected chi connectivity index (χ2v) is 9.40. The number of allylic oxidation sites excluding steroid dienone is 1. The van der Waals surface area contributed by atoms with Crippen molar-refractivity contribution in [3.05, 3.63) is 149 Å². The van der Waals surface area contributed by atoms with Crippen LogP contribution in [0.3, 0.4) is 0 Å². The minimum Gasteiger partial charge on any atom is -0.321 e. The van der Waals surface area contributed by atoms with Gasteiger partial charge >= 0.3 is 0 Å². The van der Waals surface area contributed by atoms with E-state index in [4.69, 9.17) is 5.10 Å². The highest BCUT2D eigenvalue weighted by Crippen LogP contribution is 2.31. The normalized spacial score (nSPS) is 11.3. The molecule has 0 saturated carbocycles. The first-order valence-electron chi connectivity index (χ1n) is 12.7. The van der Waals surface area contributed by atoms with Crippen molar-refractivity contribution in [2.24, 2.45) is 0 Å². The van der Waals surface area contributed by atoms with E-state index < -0.39 is 5.56 Å². The van der Waals surface area contributed by atoms with E-state index in [2.05, 4.69) is 4.98 Å². The Balaban J connectivity index is 1.49. The lowest BCUT2D eigenvalue weighted by molar-refractivity contribution is 0.104. The number of nitrogens with zero attached hydrogens (tertiary/aromatic N) is 2. The molecule has 0 fully saturated rings.